The van der Waals surface area contributed by atoms with Gasteiger partial charge in [-0.2, -0.15) is 0 Å². The fourth-order valence-corrected chi connectivity index (χ4v) is 2.87. The third-order valence-corrected chi connectivity index (χ3v) is 4.34. The van der Waals surface area contributed by atoms with Crippen LogP contribution in [0.4, 0.5) is 0 Å². The molecule has 0 spiro atoms. The Bertz CT molecular complexity index is 357. The Morgan fingerprint density at radius 2 is 2.00 bits per heavy atom. The SMILES string of the molecule is COC(=O)C1CCC(O)(CNC(=O)C2CCOC2)CC1. The molecule has 0 radical (unpaired) electrons. The predicted molar refractivity (Wildman–Crippen MR) is 70.9 cm³/mol. The van der Waals surface area contributed by atoms with Crippen molar-refractivity contribution in [2.45, 2.75) is 37.7 Å². The van der Waals surface area contributed by atoms with Gasteiger partial charge in [-0.15, -0.1) is 0 Å². The average Bonchev–Trinajstić information content (AvgIpc) is 2.99. The molecule has 1 heterocycles. The van der Waals surface area contributed by atoms with Gasteiger partial charge in [-0.25, -0.2) is 0 Å². The maximum absolute atomic E-state index is 11.9. The van der Waals surface area contributed by atoms with Crippen LogP contribution in [-0.2, 0) is 19.1 Å². The van der Waals surface area contributed by atoms with E-state index >= 15 is 0 Å². The van der Waals surface area contributed by atoms with Crippen molar-refractivity contribution in [3.63, 3.8) is 0 Å². The second-order valence-corrected chi connectivity index (χ2v) is 5.80. The van der Waals surface area contributed by atoms with Crippen LogP contribution in [0, 0.1) is 11.8 Å². The van der Waals surface area contributed by atoms with Crippen molar-refractivity contribution in [3.8, 4) is 0 Å². The molecular weight excluding hydrogens is 262 g/mol. The first-order valence-electron chi connectivity index (χ1n) is 7.20. The van der Waals surface area contributed by atoms with Crippen molar-refractivity contribution in [3.05, 3.63) is 0 Å². The molecular formula is C14H23NO5. The van der Waals surface area contributed by atoms with Gasteiger partial charge in [0.1, 0.15) is 0 Å². The number of carbonyl (C=O) groups excluding carboxylic acids is 2. The molecule has 1 aliphatic carbocycles. The number of methoxy groups -OCH3 is 1. The molecule has 2 fully saturated rings. The number of esters is 1. The zero-order valence-corrected chi connectivity index (χ0v) is 11.9. The fourth-order valence-electron chi connectivity index (χ4n) is 2.87. The third kappa shape index (κ3) is 3.70. The number of nitrogens with one attached hydrogen (secondary N) is 1. The van der Waals surface area contributed by atoms with Crippen molar-refractivity contribution in [1.29, 1.82) is 0 Å². The average molecular weight is 285 g/mol. The van der Waals surface area contributed by atoms with Crippen molar-refractivity contribution >= 4 is 11.9 Å². The largest absolute Gasteiger partial charge is 0.469 e. The summed E-state index contributed by atoms with van der Waals surface area (Å²) in [5.41, 5.74) is -0.903. The number of ether oxygens (including phenoxy) is 2. The summed E-state index contributed by atoms with van der Waals surface area (Å²) < 4.78 is 9.89. The van der Waals surface area contributed by atoms with Gasteiger partial charge in [-0.1, -0.05) is 0 Å². The normalized spacial score (nSPS) is 33.7. The van der Waals surface area contributed by atoms with E-state index in [0.29, 0.717) is 38.9 Å². The van der Waals surface area contributed by atoms with Crippen LogP contribution in [0.2, 0.25) is 0 Å². The minimum atomic E-state index is -0.903. The van der Waals surface area contributed by atoms with Crippen molar-refractivity contribution in [2.24, 2.45) is 11.8 Å². The van der Waals surface area contributed by atoms with E-state index in [0.717, 1.165) is 6.42 Å². The van der Waals surface area contributed by atoms with Gasteiger partial charge in [-0.05, 0) is 32.1 Å². The minimum Gasteiger partial charge on any atom is -0.469 e. The number of amides is 1. The molecule has 0 aromatic carbocycles. The van der Waals surface area contributed by atoms with Crippen LogP contribution in [0.5, 0.6) is 0 Å². The van der Waals surface area contributed by atoms with Gasteiger partial charge in [0.05, 0.1) is 31.2 Å². The van der Waals surface area contributed by atoms with Crippen LogP contribution in [0.15, 0.2) is 0 Å². The van der Waals surface area contributed by atoms with E-state index < -0.39 is 5.60 Å². The molecule has 1 saturated heterocycles. The van der Waals surface area contributed by atoms with E-state index in [1.54, 1.807) is 0 Å². The van der Waals surface area contributed by atoms with Gasteiger partial charge in [-0.3, -0.25) is 9.59 Å². The summed E-state index contributed by atoms with van der Waals surface area (Å²) in [4.78, 5) is 23.3. The first kappa shape index (κ1) is 15.3. The maximum Gasteiger partial charge on any atom is 0.308 e. The predicted octanol–water partition coefficient (Wildman–Crippen LogP) is 0.233. The lowest BCUT2D eigenvalue weighted by Gasteiger charge is -2.35. The highest BCUT2D eigenvalue weighted by atomic mass is 16.5. The Balaban J connectivity index is 1.75. The molecule has 0 bridgehead atoms. The number of carbonyl (C=O) groups is 2. The zero-order chi connectivity index (χ0) is 14.6. The first-order valence-corrected chi connectivity index (χ1v) is 7.20. The maximum atomic E-state index is 11.9. The van der Waals surface area contributed by atoms with Crippen LogP contribution in [-0.4, -0.2) is 49.5 Å². The smallest absolute Gasteiger partial charge is 0.308 e. The topological polar surface area (TPSA) is 84.9 Å². The second-order valence-electron chi connectivity index (χ2n) is 5.80. The van der Waals surface area contributed by atoms with Crippen LogP contribution in [0.1, 0.15) is 32.1 Å². The highest BCUT2D eigenvalue weighted by Crippen LogP contribution is 2.32. The monoisotopic (exact) mass is 285 g/mol. The molecule has 0 aromatic rings. The van der Waals surface area contributed by atoms with Crippen LogP contribution in [0.3, 0.4) is 0 Å². The van der Waals surface area contributed by atoms with Gasteiger partial charge in [0.25, 0.3) is 0 Å². The van der Waals surface area contributed by atoms with Crippen molar-refractivity contribution < 1.29 is 24.2 Å². The molecule has 1 atom stereocenters. The van der Waals surface area contributed by atoms with E-state index in [9.17, 15) is 14.7 Å². The molecule has 1 amide bonds. The summed E-state index contributed by atoms with van der Waals surface area (Å²) >= 11 is 0. The number of hydrogen-bond acceptors (Lipinski definition) is 5. The van der Waals surface area contributed by atoms with E-state index in [4.69, 9.17) is 9.47 Å². The highest BCUT2D eigenvalue weighted by Gasteiger charge is 2.37. The molecule has 0 aromatic heterocycles. The molecule has 2 N–H and O–H groups in total. The Morgan fingerprint density at radius 3 is 2.55 bits per heavy atom. The Hall–Kier alpha value is -1.14. The van der Waals surface area contributed by atoms with E-state index in [2.05, 4.69) is 5.32 Å². The lowest BCUT2D eigenvalue weighted by atomic mass is 9.78. The highest BCUT2D eigenvalue weighted by molar-refractivity contribution is 5.79. The molecule has 2 rings (SSSR count). The summed E-state index contributed by atoms with van der Waals surface area (Å²) in [5.74, 6) is -0.477. The number of aliphatic hydroxyl groups is 1. The van der Waals surface area contributed by atoms with Gasteiger partial charge in [0, 0.05) is 13.2 Å². The summed E-state index contributed by atoms with van der Waals surface area (Å²) in [5, 5.41) is 13.2. The Kier molecular flexibility index (Phi) is 4.99. The van der Waals surface area contributed by atoms with Crippen LogP contribution in [0.25, 0.3) is 0 Å². The summed E-state index contributed by atoms with van der Waals surface area (Å²) in [7, 11) is 1.38. The Labute approximate surface area is 118 Å². The minimum absolute atomic E-state index is 0.0500. The van der Waals surface area contributed by atoms with Crippen molar-refractivity contribution in [2.75, 3.05) is 26.9 Å². The lowest BCUT2D eigenvalue weighted by Crippen LogP contribution is -2.47. The molecule has 1 unspecified atom stereocenters. The summed E-state index contributed by atoms with van der Waals surface area (Å²) in [6, 6.07) is 0. The summed E-state index contributed by atoms with van der Waals surface area (Å²) in [6.45, 7) is 1.34. The molecule has 6 nitrogen and oxygen atoms in total. The molecule has 2 aliphatic rings. The van der Waals surface area contributed by atoms with E-state index in [-0.39, 0.29) is 30.3 Å². The molecule has 1 aliphatic heterocycles. The van der Waals surface area contributed by atoms with E-state index in [1.807, 2.05) is 0 Å². The van der Waals surface area contributed by atoms with Gasteiger partial charge >= 0.3 is 5.97 Å². The van der Waals surface area contributed by atoms with Crippen molar-refractivity contribution in [1.82, 2.24) is 5.32 Å². The van der Waals surface area contributed by atoms with Gasteiger partial charge < -0.3 is 19.9 Å². The summed E-state index contributed by atoms with van der Waals surface area (Å²) in [6.07, 6.45) is 2.97. The third-order valence-electron chi connectivity index (χ3n) is 4.34. The van der Waals surface area contributed by atoms with Gasteiger partial charge in [0.2, 0.25) is 5.91 Å². The van der Waals surface area contributed by atoms with Gasteiger partial charge in [0.15, 0.2) is 0 Å². The molecule has 114 valence electrons. The molecule has 20 heavy (non-hydrogen) atoms. The van der Waals surface area contributed by atoms with Crippen LogP contribution < -0.4 is 5.32 Å². The Morgan fingerprint density at radius 1 is 1.30 bits per heavy atom. The van der Waals surface area contributed by atoms with Crippen LogP contribution >= 0.6 is 0 Å². The quantitative estimate of drug-likeness (QED) is 0.722. The first-order chi connectivity index (χ1) is 9.54. The lowest BCUT2D eigenvalue weighted by molar-refractivity contribution is -0.148. The molecule has 6 heteroatoms. The van der Waals surface area contributed by atoms with E-state index in [1.165, 1.54) is 7.11 Å². The number of hydrogen-bond donors (Lipinski definition) is 2. The number of rotatable bonds is 4. The standard InChI is InChI=1S/C14H23NO5/c1-19-13(17)10-2-5-14(18,6-3-10)9-15-12(16)11-4-7-20-8-11/h10-11,18H,2-9H2,1H3,(H,15,16). The molecule has 1 saturated carbocycles. The fraction of sp³-hybridized carbons (Fsp3) is 0.857. The second kappa shape index (κ2) is 6.54. The zero-order valence-electron chi connectivity index (χ0n) is 11.9.